The van der Waals surface area contributed by atoms with Gasteiger partial charge in [0.1, 0.15) is 11.4 Å². The largest absolute Gasteiger partial charge is 0.406 e. The summed E-state index contributed by atoms with van der Waals surface area (Å²) in [5.41, 5.74) is 0.395. The number of nitrogens with zero attached hydrogens (tertiary/aromatic N) is 6. The van der Waals surface area contributed by atoms with Gasteiger partial charge in [-0.3, -0.25) is 14.3 Å². The van der Waals surface area contributed by atoms with Crippen LogP contribution >= 0.6 is 11.3 Å². The van der Waals surface area contributed by atoms with Crippen molar-refractivity contribution in [2.45, 2.75) is 64.5 Å². The van der Waals surface area contributed by atoms with Crippen LogP contribution in [0.3, 0.4) is 0 Å². The van der Waals surface area contributed by atoms with Crippen molar-refractivity contribution in [2.75, 3.05) is 20.1 Å². The van der Waals surface area contributed by atoms with Crippen LogP contribution in [-0.4, -0.2) is 73.6 Å². The minimum atomic E-state index is -4.53. The SMILES string of the molecule is CN1CCC[C@@H](NC(=O)c2csc3c2cc(-c2noc(CNC(=O)c4cnn(C(C)(C)C)c4)n2)n3CC(F)(F)F)C1. The van der Waals surface area contributed by atoms with Crippen molar-refractivity contribution < 1.29 is 27.3 Å². The molecular weight excluding hydrogens is 561 g/mol. The van der Waals surface area contributed by atoms with E-state index in [1.54, 1.807) is 16.3 Å². The van der Waals surface area contributed by atoms with E-state index < -0.39 is 18.6 Å². The minimum absolute atomic E-state index is 0.0130. The van der Waals surface area contributed by atoms with E-state index in [4.69, 9.17) is 4.52 Å². The second kappa shape index (κ2) is 10.9. The monoisotopic (exact) mass is 592 g/mol. The van der Waals surface area contributed by atoms with Gasteiger partial charge in [-0.05, 0) is 53.3 Å². The van der Waals surface area contributed by atoms with Crippen molar-refractivity contribution in [3.05, 3.63) is 40.9 Å². The molecule has 0 saturated carbocycles. The molecule has 15 heteroatoms. The van der Waals surface area contributed by atoms with Crippen LogP contribution < -0.4 is 10.6 Å². The number of likely N-dealkylation sites (N-methyl/N-ethyl adjacent to an activating group) is 1. The normalized spacial score (nSPS) is 16.8. The summed E-state index contributed by atoms with van der Waals surface area (Å²) in [6.45, 7) is 6.09. The van der Waals surface area contributed by atoms with Gasteiger partial charge in [0.15, 0.2) is 0 Å². The molecule has 1 atom stereocenters. The molecule has 1 aliphatic heterocycles. The second-order valence-corrected chi connectivity index (χ2v) is 12.1. The third kappa shape index (κ3) is 6.45. The molecule has 220 valence electrons. The number of hydrogen-bond donors (Lipinski definition) is 2. The maximum Gasteiger partial charge on any atom is 0.406 e. The molecule has 5 rings (SSSR count). The van der Waals surface area contributed by atoms with E-state index in [0.29, 0.717) is 23.1 Å². The molecule has 4 aromatic rings. The van der Waals surface area contributed by atoms with Crippen LogP contribution in [0.25, 0.3) is 21.7 Å². The standard InChI is InChI=1S/C26H31F3N8O3S/c1-25(2,3)37-11-15(9-31-37)22(38)30-10-20-33-21(34-40-20)19-8-17-18(13-41-24(17)36(19)14-26(27,28)29)23(39)32-16-6-5-7-35(4)12-16/h8-9,11,13,16H,5-7,10,12,14H2,1-4H3,(H,30,38)(H,32,39)/t16-/m1/s1. The third-order valence-corrected chi connectivity index (χ3v) is 7.81. The number of thiophene rings is 1. The number of likely N-dealkylation sites (tertiary alicyclic amines) is 1. The lowest BCUT2D eigenvalue weighted by Gasteiger charge is -2.30. The van der Waals surface area contributed by atoms with Crippen LogP contribution in [0.5, 0.6) is 0 Å². The Hall–Kier alpha value is -3.72. The van der Waals surface area contributed by atoms with Gasteiger partial charge in [0.05, 0.1) is 35.1 Å². The van der Waals surface area contributed by atoms with Gasteiger partial charge in [-0.15, -0.1) is 11.3 Å². The highest BCUT2D eigenvalue weighted by atomic mass is 32.1. The Labute approximate surface area is 237 Å². The van der Waals surface area contributed by atoms with E-state index in [1.165, 1.54) is 12.3 Å². The molecule has 2 amide bonds. The Kier molecular flexibility index (Phi) is 7.68. The van der Waals surface area contributed by atoms with Crippen molar-refractivity contribution >= 4 is 33.4 Å². The predicted octanol–water partition coefficient (Wildman–Crippen LogP) is 4.02. The summed E-state index contributed by atoms with van der Waals surface area (Å²) in [5, 5.41) is 15.7. The van der Waals surface area contributed by atoms with E-state index in [0.717, 1.165) is 35.3 Å². The quantitative estimate of drug-likeness (QED) is 0.332. The summed E-state index contributed by atoms with van der Waals surface area (Å²) < 4.78 is 48.7. The topological polar surface area (TPSA) is 123 Å². The summed E-state index contributed by atoms with van der Waals surface area (Å²) in [6, 6.07) is 1.44. The zero-order valence-electron chi connectivity index (χ0n) is 23.1. The van der Waals surface area contributed by atoms with Crippen molar-refractivity contribution in [1.29, 1.82) is 0 Å². The lowest BCUT2D eigenvalue weighted by Crippen LogP contribution is -2.46. The fraction of sp³-hybridized carbons (Fsp3) is 0.500. The molecule has 2 N–H and O–H groups in total. The lowest BCUT2D eigenvalue weighted by atomic mass is 10.1. The van der Waals surface area contributed by atoms with Gasteiger partial charge in [-0.2, -0.15) is 23.3 Å². The van der Waals surface area contributed by atoms with Crippen LogP contribution in [0.15, 0.2) is 28.4 Å². The first kappa shape index (κ1) is 28.8. The third-order valence-electron chi connectivity index (χ3n) is 6.80. The number of amides is 2. The average Bonchev–Trinajstić information content (AvgIpc) is 3.66. The highest BCUT2D eigenvalue weighted by molar-refractivity contribution is 7.17. The number of hydrogen-bond acceptors (Lipinski definition) is 8. The van der Waals surface area contributed by atoms with Crippen LogP contribution in [0, 0.1) is 0 Å². The molecule has 5 heterocycles. The zero-order chi connectivity index (χ0) is 29.5. The molecule has 0 aromatic carbocycles. The molecular formula is C26H31F3N8O3S. The predicted molar refractivity (Wildman–Crippen MR) is 146 cm³/mol. The summed E-state index contributed by atoms with van der Waals surface area (Å²) in [5.74, 6) is -0.818. The molecule has 4 aromatic heterocycles. The van der Waals surface area contributed by atoms with Crippen LogP contribution in [0.4, 0.5) is 13.2 Å². The highest BCUT2D eigenvalue weighted by Gasteiger charge is 2.33. The molecule has 0 bridgehead atoms. The van der Waals surface area contributed by atoms with Crippen molar-refractivity contribution in [2.24, 2.45) is 0 Å². The Morgan fingerprint density at radius 1 is 1.22 bits per heavy atom. The summed E-state index contributed by atoms with van der Waals surface area (Å²) in [4.78, 5) is 32.3. The first-order valence-corrected chi connectivity index (χ1v) is 14.0. The summed E-state index contributed by atoms with van der Waals surface area (Å²) >= 11 is 1.05. The highest BCUT2D eigenvalue weighted by Crippen LogP contribution is 2.36. The van der Waals surface area contributed by atoms with Gasteiger partial charge < -0.3 is 24.6 Å². The lowest BCUT2D eigenvalue weighted by molar-refractivity contribution is -0.139. The second-order valence-electron chi connectivity index (χ2n) is 11.2. The van der Waals surface area contributed by atoms with Gasteiger partial charge in [-0.1, -0.05) is 5.16 Å². The van der Waals surface area contributed by atoms with Gasteiger partial charge in [0, 0.05) is 29.5 Å². The number of halogens is 3. The molecule has 1 fully saturated rings. The molecule has 1 aliphatic rings. The number of rotatable bonds is 7. The summed E-state index contributed by atoms with van der Waals surface area (Å²) in [7, 11) is 1.98. The molecule has 0 aliphatic carbocycles. The van der Waals surface area contributed by atoms with Crippen LogP contribution in [0.2, 0.25) is 0 Å². The van der Waals surface area contributed by atoms with Gasteiger partial charge in [0.25, 0.3) is 11.8 Å². The van der Waals surface area contributed by atoms with Gasteiger partial charge in [0.2, 0.25) is 11.7 Å². The molecule has 0 radical (unpaired) electrons. The Balaban J connectivity index is 1.36. The van der Waals surface area contributed by atoms with Crippen molar-refractivity contribution in [3.63, 3.8) is 0 Å². The zero-order valence-corrected chi connectivity index (χ0v) is 23.9. The fourth-order valence-electron chi connectivity index (χ4n) is 4.77. The average molecular weight is 593 g/mol. The van der Waals surface area contributed by atoms with E-state index in [9.17, 15) is 22.8 Å². The minimum Gasteiger partial charge on any atom is -0.348 e. The fourth-order valence-corrected chi connectivity index (χ4v) is 5.82. The number of alkyl halides is 3. The van der Waals surface area contributed by atoms with Crippen LogP contribution in [0.1, 0.15) is 60.2 Å². The number of aromatic nitrogens is 5. The van der Waals surface area contributed by atoms with Crippen molar-refractivity contribution in [1.82, 2.24) is 40.0 Å². The van der Waals surface area contributed by atoms with E-state index in [-0.39, 0.29) is 46.3 Å². The Morgan fingerprint density at radius 3 is 2.68 bits per heavy atom. The maximum atomic E-state index is 13.6. The molecule has 0 spiro atoms. The molecule has 0 unspecified atom stereocenters. The smallest absolute Gasteiger partial charge is 0.348 e. The van der Waals surface area contributed by atoms with Crippen LogP contribution in [-0.2, 0) is 18.6 Å². The van der Waals surface area contributed by atoms with Gasteiger partial charge >= 0.3 is 6.18 Å². The van der Waals surface area contributed by atoms with E-state index in [2.05, 4.69) is 30.8 Å². The Morgan fingerprint density at radius 2 is 2.00 bits per heavy atom. The first-order chi connectivity index (χ1) is 19.3. The Bertz CT molecular complexity index is 1560. The van der Waals surface area contributed by atoms with Gasteiger partial charge in [-0.25, -0.2) is 0 Å². The number of piperidine rings is 1. The number of carbonyl (C=O) groups excluding carboxylic acids is 2. The molecule has 11 nitrogen and oxygen atoms in total. The van der Waals surface area contributed by atoms with E-state index in [1.807, 2.05) is 27.8 Å². The van der Waals surface area contributed by atoms with E-state index >= 15 is 0 Å². The first-order valence-electron chi connectivity index (χ1n) is 13.1. The molecule has 1 saturated heterocycles. The van der Waals surface area contributed by atoms with Crippen molar-refractivity contribution in [3.8, 4) is 11.5 Å². The number of carbonyl (C=O) groups is 2. The number of fused-ring (bicyclic) bond motifs is 1. The summed E-state index contributed by atoms with van der Waals surface area (Å²) in [6.07, 6.45) is 0.318. The maximum absolute atomic E-state index is 13.6. The molecule has 41 heavy (non-hydrogen) atoms. The number of nitrogens with one attached hydrogen (secondary N) is 2.